The Morgan fingerprint density at radius 1 is 1.04 bits per heavy atom. The van der Waals surface area contributed by atoms with Crippen molar-refractivity contribution in [2.45, 2.75) is 34.2 Å². The highest BCUT2D eigenvalue weighted by molar-refractivity contribution is 9.10. The van der Waals surface area contributed by atoms with Crippen LogP contribution in [0, 0.1) is 27.7 Å². The Hall–Kier alpha value is -2.53. The quantitative estimate of drug-likeness (QED) is 0.545. The first kappa shape index (κ1) is 19.2. The van der Waals surface area contributed by atoms with E-state index >= 15 is 0 Å². The minimum absolute atomic E-state index is 0.211. The van der Waals surface area contributed by atoms with E-state index in [9.17, 15) is 4.79 Å². The zero-order valence-electron chi connectivity index (χ0n) is 16.1. The van der Waals surface area contributed by atoms with E-state index in [-0.39, 0.29) is 6.03 Å². The zero-order chi connectivity index (χ0) is 19.6. The summed E-state index contributed by atoms with van der Waals surface area (Å²) in [5.41, 5.74) is 7.62. The lowest BCUT2D eigenvalue weighted by molar-refractivity contribution is 0.251. The fourth-order valence-corrected chi connectivity index (χ4v) is 3.49. The van der Waals surface area contributed by atoms with Gasteiger partial charge in [0.1, 0.15) is 0 Å². The zero-order valence-corrected chi connectivity index (χ0v) is 17.6. The van der Waals surface area contributed by atoms with Crippen LogP contribution in [0.2, 0.25) is 0 Å². The Labute approximate surface area is 168 Å². The van der Waals surface area contributed by atoms with Gasteiger partial charge in [-0.1, -0.05) is 28.1 Å². The van der Waals surface area contributed by atoms with Crippen molar-refractivity contribution in [2.75, 3.05) is 5.32 Å². The fraction of sp³-hybridized carbons (Fsp3) is 0.227. The molecule has 2 amide bonds. The van der Waals surface area contributed by atoms with Gasteiger partial charge in [0.25, 0.3) is 0 Å². The third-order valence-electron chi connectivity index (χ3n) is 4.65. The standard InChI is InChI=1S/C22H24BrN3O/c1-14-6-5-7-20(10-14)26-16(3)12-18(17(26)4)13-24-22(27)25-19-8-9-21(23)15(2)11-19/h5-12H,13H2,1-4H3,(H2,24,25,27). The first-order chi connectivity index (χ1) is 12.8. The van der Waals surface area contributed by atoms with Crippen LogP contribution >= 0.6 is 15.9 Å². The highest BCUT2D eigenvalue weighted by Crippen LogP contribution is 2.22. The number of aryl methyl sites for hydroxylation is 3. The Bertz CT molecular complexity index is 991. The van der Waals surface area contributed by atoms with Crippen LogP contribution in [-0.2, 0) is 6.54 Å². The van der Waals surface area contributed by atoms with Gasteiger partial charge < -0.3 is 15.2 Å². The number of amides is 2. The third kappa shape index (κ3) is 4.42. The predicted octanol–water partition coefficient (Wildman–Crippen LogP) is 5.80. The summed E-state index contributed by atoms with van der Waals surface area (Å²) in [7, 11) is 0. The Balaban J connectivity index is 1.70. The lowest BCUT2D eigenvalue weighted by Gasteiger charge is -2.12. The molecular weight excluding hydrogens is 402 g/mol. The van der Waals surface area contributed by atoms with E-state index in [0.29, 0.717) is 6.54 Å². The molecule has 1 aromatic heterocycles. The van der Waals surface area contributed by atoms with E-state index in [1.54, 1.807) is 0 Å². The van der Waals surface area contributed by atoms with Crippen LogP contribution in [0.4, 0.5) is 10.5 Å². The molecule has 0 radical (unpaired) electrons. The average molecular weight is 426 g/mol. The smallest absolute Gasteiger partial charge is 0.319 e. The van der Waals surface area contributed by atoms with Gasteiger partial charge in [0.2, 0.25) is 0 Å². The van der Waals surface area contributed by atoms with Gasteiger partial charge in [-0.05, 0) is 80.8 Å². The number of halogens is 1. The molecule has 0 bridgehead atoms. The number of aromatic nitrogens is 1. The van der Waals surface area contributed by atoms with E-state index in [4.69, 9.17) is 0 Å². The van der Waals surface area contributed by atoms with Crippen LogP contribution in [0.3, 0.4) is 0 Å². The molecule has 0 atom stereocenters. The van der Waals surface area contributed by atoms with Crippen molar-refractivity contribution in [3.63, 3.8) is 0 Å². The summed E-state index contributed by atoms with van der Waals surface area (Å²) >= 11 is 3.47. The highest BCUT2D eigenvalue weighted by Gasteiger charge is 2.12. The molecule has 3 aromatic rings. The Morgan fingerprint density at radius 3 is 2.52 bits per heavy atom. The van der Waals surface area contributed by atoms with Gasteiger partial charge in [0.15, 0.2) is 0 Å². The number of nitrogens with zero attached hydrogens (tertiary/aromatic N) is 1. The second-order valence-corrected chi connectivity index (χ2v) is 7.70. The molecule has 5 heteroatoms. The summed E-state index contributed by atoms with van der Waals surface area (Å²) in [6, 6.07) is 16.1. The summed E-state index contributed by atoms with van der Waals surface area (Å²) in [6.45, 7) is 8.74. The van der Waals surface area contributed by atoms with Crippen molar-refractivity contribution < 1.29 is 4.79 Å². The number of carbonyl (C=O) groups is 1. The van der Waals surface area contributed by atoms with Crippen molar-refractivity contribution >= 4 is 27.6 Å². The molecule has 0 aliphatic heterocycles. The molecular formula is C22H24BrN3O. The molecule has 0 spiro atoms. The summed E-state index contributed by atoms with van der Waals surface area (Å²) in [6.07, 6.45) is 0. The summed E-state index contributed by atoms with van der Waals surface area (Å²) in [5.74, 6) is 0. The number of nitrogens with one attached hydrogen (secondary N) is 2. The lowest BCUT2D eigenvalue weighted by Crippen LogP contribution is -2.28. The molecule has 3 rings (SSSR count). The molecule has 27 heavy (non-hydrogen) atoms. The number of rotatable bonds is 4. The van der Waals surface area contributed by atoms with Crippen molar-refractivity contribution in [1.82, 2.24) is 9.88 Å². The van der Waals surface area contributed by atoms with E-state index in [0.717, 1.165) is 38.4 Å². The third-order valence-corrected chi connectivity index (χ3v) is 5.54. The van der Waals surface area contributed by atoms with Crippen molar-refractivity contribution in [2.24, 2.45) is 0 Å². The molecule has 0 aliphatic rings. The second-order valence-electron chi connectivity index (χ2n) is 6.84. The van der Waals surface area contributed by atoms with E-state index in [1.165, 1.54) is 5.56 Å². The SMILES string of the molecule is Cc1cccc(-n2c(C)cc(CNC(=O)Nc3ccc(Br)c(C)c3)c2C)c1. The molecule has 0 saturated carbocycles. The lowest BCUT2D eigenvalue weighted by atomic mass is 10.2. The molecule has 2 N–H and O–H groups in total. The normalized spacial score (nSPS) is 10.7. The maximum Gasteiger partial charge on any atom is 0.319 e. The topological polar surface area (TPSA) is 46.1 Å². The maximum absolute atomic E-state index is 12.3. The molecule has 2 aromatic carbocycles. The number of carbonyl (C=O) groups excluding carboxylic acids is 1. The average Bonchev–Trinajstić information content (AvgIpc) is 2.90. The number of hydrogen-bond acceptors (Lipinski definition) is 1. The van der Waals surface area contributed by atoms with Crippen molar-refractivity contribution in [1.29, 1.82) is 0 Å². The minimum atomic E-state index is -0.211. The first-order valence-corrected chi connectivity index (χ1v) is 9.70. The van der Waals surface area contributed by atoms with Crippen LogP contribution in [-0.4, -0.2) is 10.6 Å². The van der Waals surface area contributed by atoms with Gasteiger partial charge in [-0.2, -0.15) is 0 Å². The molecule has 0 saturated heterocycles. The van der Waals surface area contributed by atoms with Gasteiger partial charge >= 0.3 is 6.03 Å². The molecule has 4 nitrogen and oxygen atoms in total. The number of anilines is 1. The minimum Gasteiger partial charge on any atom is -0.334 e. The monoisotopic (exact) mass is 425 g/mol. The molecule has 0 aliphatic carbocycles. The van der Waals surface area contributed by atoms with E-state index in [2.05, 4.69) is 82.2 Å². The molecule has 0 fully saturated rings. The summed E-state index contributed by atoms with van der Waals surface area (Å²) in [4.78, 5) is 12.3. The van der Waals surface area contributed by atoms with E-state index < -0.39 is 0 Å². The highest BCUT2D eigenvalue weighted by atomic mass is 79.9. The number of hydrogen-bond donors (Lipinski definition) is 2. The Morgan fingerprint density at radius 2 is 1.81 bits per heavy atom. The molecule has 1 heterocycles. The van der Waals surface area contributed by atoms with Crippen LogP contribution in [0.15, 0.2) is 53.0 Å². The molecule has 140 valence electrons. The largest absolute Gasteiger partial charge is 0.334 e. The molecule has 0 unspecified atom stereocenters. The van der Waals surface area contributed by atoms with Crippen molar-refractivity contribution in [3.8, 4) is 5.69 Å². The van der Waals surface area contributed by atoms with Gasteiger partial charge in [0.05, 0.1) is 0 Å². The number of benzene rings is 2. The number of urea groups is 1. The van der Waals surface area contributed by atoms with Crippen LogP contribution in [0.5, 0.6) is 0 Å². The predicted molar refractivity (Wildman–Crippen MR) is 115 cm³/mol. The van der Waals surface area contributed by atoms with Crippen molar-refractivity contribution in [3.05, 3.63) is 81.1 Å². The first-order valence-electron chi connectivity index (χ1n) is 8.91. The van der Waals surface area contributed by atoms with Gasteiger partial charge in [-0.25, -0.2) is 4.79 Å². The second kappa shape index (κ2) is 8.01. The van der Waals surface area contributed by atoms with Gasteiger partial charge in [0, 0.05) is 33.8 Å². The van der Waals surface area contributed by atoms with Crippen LogP contribution in [0.1, 0.15) is 28.1 Å². The van der Waals surface area contributed by atoms with Gasteiger partial charge in [-0.15, -0.1) is 0 Å². The maximum atomic E-state index is 12.3. The van der Waals surface area contributed by atoms with Crippen LogP contribution < -0.4 is 10.6 Å². The van der Waals surface area contributed by atoms with Gasteiger partial charge in [-0.3, -0.25) is 0 Å². The summed E-state index contributed by atoms with van der Waals surface area (Å²) in [5, 5.41) is 5.83. The summed E-state index contributed by atoms with van der Waals surface area (Å²) < 4.78 is 3.25. The fourth-order valence-electron chi connectivity index (χ4n) is 3.25. The Kier molecular flexibility index (Phi) is 5.71. The van der Waals surface area contributed by atoms with Crippen LogP contribution in [0.25, 0.3) is 5.69 Å². The van der Waals surface area contributed by atoms with E-state index in [1.807, 2.05) is 25.1 Å².